The van der Waals surface area contributed by atoms with Gasteiger partial charge in [0, 0.05) is 24.3 Å². The highest BCUT2D eigenvalue weighted by Crippen LogP contribution is 2.05. The maximum atomic E-state index is 4.14. The van der Waals surface area contributed by atoms with Gasteiger partial charge in [-0.05, 0) is 19.1 Å². The van der Waals surface area contributed by atoms with E-state index < -0.39 is 0 Å². The second-order valence-electron chi connectivity index (χ2n) is 2.63. The summed E-state index contributed by atoms with van der Waals surface area (Å²) < 4.78 is 1.97. The fourth-order valence-corrected chi connectivity index (χ4v) is 1.08. The van der Waals surface area contributed by atoms with E-state index in [1.54, 1.807) is 18.7 Å². The van der Waals surface area contributed by atoms with Crippen LogP contribution in [0.1, 0.15) is 5.69 Å². The van der Waals surface area contributed by atoms with Crippen molar-refractivity contribution in [1.29, 1.82) is 0 Å². The highest BCUT2D eigenvalue weighted by Gasteiger charge is 1.94. The summed E-state index contributed by atoms with van der Waals surface area (Å²) in [5, 5.41) is 0. The molecule has 2 aromatic rings. The minimum absolute atomic E-state index is 1.02. The third kappa shape index (κ3) is 1.21. The summed E-state index contributed by atoms with van der Waals surface area (Å²) in [5.74, 6) is 0. The van der Waals surface area contributed by atoms with Gasteiger partial charge >= 0.3 is 0 Å². The van der Waals surface area contributed by atoms with Crippen LogP contribution in [0.25, 0.3) is 5.69 Å². The number of hydrogen-bond donors (Lipinski definition) is 0. The number of aromatic nitrogens is 3. The van der Waals surface area contributed by atoms with Gasteiger partial charge in [0.05, 0.1) is 12.0 Å². The molecule has 2 aromatic heterocycles. The van der Waals surface area contributed by atoms with Crippen LogP contribution < -0.4 is 0 Å². The van der Waals surface area contributed by atoms with Crippen LogP contribution in [0.5, 0.6) is 0 Å². The fourth-order valence-electron chi connectivity index (χ4n) is 1.08. The van der Waals surface area contributed by atoms with E-state index >= 15 is 0 Å². The highest BCUT2D eigenvalue weighted by atomic mass is 15.0. The minimum atomic E-state index is 1.02. The molecule has 3 nitrogen and oxygen atoms in total. The van der Waals surface area contributed by atoms with Crippen molar-refractivity contribution < 1.29 is 0 Å². The van der Waals surface area contributed by atoms with Gasteiger partial charge in [-0.15, -0.1) is 0 Å². The highest BCUT2D eigenvalue weighted by molar-refractivity contribution is 5.28. The van der Waals surface area contributed by atoms with Gasteiger partial charge in [0.1, 0.15) is 0 Å². The largest absolute Gasteiger partial charge is 0.306 e. The predicted molar refractivity (Wildman–Crippen MR) is 46.1 cm³/mol. The molecule has 60 valence electrons. The molecule has 0 saturated heterocycles. The number of aryl methyl sites for hydroxylation is 1. The third-order valence-corrected chi connectivity index (χ3v) is 1.67. The fraction of sp³-hybridized carbons (Fsp3) is 0.111. The normalized spacial score (nSPS) is 10.1. The SMILES string of the molecule is Cc1cn(-c2ccncc2)cn1. The number of pyridine rings is 1. The molecule has 0 fully saturated rings. The van der Waals surface area contributed by atoms with E-state index in [0.717, 1.165) is 11.4 Å². The summed E-state index contributed by atoms with van der Waals surface area (Å²) in [4.78, 5) is 8.08. The van der Waals surface area contributed by atoms with Crippen molar-refractivity contribution in [1.82, 2.24) is 14.5 Å². The van der Waals surface area contributed by atoms with Crippen molar-refractivity contribution in [3.8, 4) is 5.69 Å². The second-order valence-corrected chi connectivity index (χ2v) is 2.63. The van der Waals surface area contributed by atoms with Crippen LogP contribution >= 0.6 is 0 Å². The van der Waals surface area contributed by atoms with E-state index in [1.165, 1.54) is 0 Å². The lowest BCUT2D eigenvalue weighted by Gasteiger charge is -1.98. The minimum Gasteiger partial charge on any atom is -0.306 e. The maximum Gasteiger partial charge on any atom is 0.0995 e. The molecule has 2 rings (SSSR count). The second kappa shape index (κ2) is 2.77. The third-order valence-electron chi connectivity index (χ3n) is 1.67. The summed E-state index contributed by atoms with van der Waals surface area (Å²) in [7, 11) is 0. The monoisotopic (exact) mass is 159 g/mol. The first-order valence-electron chi connectivity index (χ1n) is 3.77. The van der Waals surface area contributed by atoms with Crippen LogP contribution in [-0.4, -0.2) is 14.5 Å². The van der Waals surface area contributed by atoms with Gasteiger partial charge in [-0.2, -0.15) is 0 Å². The van der Waals surface area contributed by atoms with Crippen molar-refractivity contribution in [3.63, 3.8) is 0 Å². The Balaban J connectivity index is 2.45. The topological polar surface area (TPSA) is 30.7 Å². The Kier molecular flexibility index (Phi) is 1.63. The quantitative estimate of drug-likeness (QED) is 0.632. The first-order valence-corrected chi connectivity index (χ1v) is 3.77. The van der Waals surface area contributed by atoms with Crippen LogP contribution in [0, 0.1) is 6.92 Å². The molecule has 0 aliphatic rings. The lowest BCUT2D eigenvalue weighted by atomic mass is 10.4. The molecule has 0 spiro atoms. The number of nitrogens with zero attached hydrogens (tertiary/aromatic N) is 3. The lowest BCUT2D eigenvalue weighted by molar-refractivity contribution is 1.05. The number of rotatable bonds is 1. The molecule has 0 bridgehead atoms. The van der Waals surface area contributed by atoms with Gasteiger partial charge < -0.3 is 4.57 Å². The molecule has 0 aromatic carbocycles. The molecule has 12 heavy (non-hydrogen) atoms. The van der Waals surface area contributed by atoms with E-state index in [1.807, 2.05) is 29.8 Å². The first kappa shape index (κ1) is 7.03. The van der Waals surface area contributed by atoms with Gasteiger partial charge in [-0.3, -0.25) is 4.98 Å². The Hall–Kier alpha value is -1.64. The zero-order valence-electron chi connectivity index (χ0n) is 6.81. The summed E-state index contributed by atoms with van der Waals surface area (Å²) >= 11 is 0. The van der Waals surface area contributed by atoms with Crippen LogP contribution in [0.4, 0.5) is 0 Å². The van der Waals surface area contributed by atoms with Gasteiger partial charge in [0.15, 0.2) is 0 Å². The summed E-state index contributed by atoms with van der Waals surface area (Å²) in [5.41, 5.74) is 2.11. The van der Waals surface area contributed by atoms with E-state index in [0.29, 0.717) is 0 Å². The van der Waals surface area contributed by atoms with Crippen LogP contribution in [0.2, 0.25) is 0 Å². The lowest BCUT2D eigenvalue weighted by Crippen LogP contribution is -1.88. The average Bonchev–Trinajstić information content (AvgIpc) is 2.54. The molecule has 0 N–H and O–H groups in total. The average molecular weight is 159 g/mol. The predicted octanol–water partition coefficient (Wildman–Crippen LogP) is 1.58. The Morgan fingerprint density at radius 1 is 1.25 bits per heavy atom. The molecule has 0 unspecified atom stereocenters. The molecular weight excluding hydrogens is 150 g/mol. The van der Waals surface area contributed by atoms with Crippen LogP contribution in [0.15, 0.2) is 37.1 Å². The van der Waals surface area contributed by atoms with Crippen molar-refractivity contribution >= 4 is 0 Å². The van der Waals surface area contributed by atoms with E-state index in [2.05, 4.69) is 9.97 Å². The maximum absolute atomic E-state index is 4.14. The molecule has 0 aliphatic heterocycles. The van der Waals surface area contributed by atoms with E-state index in [-0.39, 0.29) is 0 Å². The van der Waals surface area contributed by atoms with E-state index in [4.69, 9.17) is 0 Å². The number of hydrogen-bond acceptors (Lipinski definition) is 2. The first-order chi connectivity index (χ1) is 5.86. The number of imidazole rings is 1. The Morgan fingerprint density at radius 2 is 2.00 bits per heavy atom. The molecule has 2 heterocycles. The Morgan fingerprint density at radius 3 is 2.58 bits per heavy atom. The standard InChI is InChI=1S/C9H9N3/c1-8-6-12(7-11-8)9-2-4-10-5-3-9/h2-7H,1H3. The smallest absolute Gasteiger partial charge is 0.0995 e. The molecule has 0 saturated carbocycles. The molecule has 0 radical (unpaired) electrons. The van der Waals surface area contributed by atoms with Crippen LogP contribution in [0.3, 0.4) is 0 Å². The van der Waals surface area contributed by atoms with Crippen LogP contribution in [-0.2, 0) is 0 Å². The molecule has 0 aliphatic carbocycles. The van der Waals surface area contributed by atoms with E-state index in [9.17, 15) is 0 Å². The zero-order chi connectivity index (χ0) is 8.39. The molecule has 3 heteroatoms. The Bertz CT molecular complexity index is 364. The summed E-state index contributed by atoms with van der Waals surface area (Å²) in [6.45, 7) is 1.97. The Labute approximate surface area is 70.7 Å². The van der Waals surface area contributed by atoms with Gasteiger partial charge in [-0.1, -0.05) is 0 Å². The summed E-state index contributed by atoms with van der Waals surface area (Å²) in [6, 6.07) is 3.89. The summed E-state index contributed by atoms with van der Waals surface area (Å²) in [6.07, 6.45) is 7.31. The van der Waals surface area contributed by atoms with Gasteiger partial charge in [-0.25, -0.2) is 4.98 Å². The molecular formula is C9H9N3. The van der Waals surface area contributed by atoms with Crippen molar-refractivity contribution in [2.24, 2.45) is 0 Å². The van der Waals surface area contributed by atoms with Crippen molar-refractivity contribution in [2.75, 3.05) is 0 Å². The molecule has 0 atom stereocenters. The van der Waals surface area contributed by atoms with Gasteiger partial charge in [0.25, 0.3) is 0 Å². The van der Waals surface area contributed by atoms with Crippen molar-refractivity contribution in [2.45, 2.75) is 6.92 Å². The molecule has 0 amide bonds. The van der Waals surface area contributed by atoms with Gasteiger partial charge in [0.2, 0.25) is 0 Å². The van der Waals surface area contributed by atoms with Crippen molar-refractivity contribution in [3.05, 3.63) is 42.7 Å². The zero-order valence-corrected chi connectivity index (χ0v) is 6.81.